The van der Waals surface area contributed by atoms with Crippen molar-refractivity contribution in [2.75, 3.05) is 24.7 Å². The fourth-order valence-electron chi connectivity index (χ4n) is 4.91. The lowest BCUT2D eigenvalue weighted by atomic mass is 9.69. The Kier molecular flexibility index (Phi) is 4.69. The van der Waals surface area contributed by atoms with Crippen LogP contribution in [0.4, 0.5) is 0 Å². The number of nitrogens with one attached hydrogen (secondary N) is 1. The third-order valence-corrected chi connectivity index (χ3v) is 7.21. The molecule has 2 nitrogen and oxygen atoms in total. The molecule has 1 N–H and O–H groups in total. The summed E-state index contributed by atoms with van der Waals surface area (Å²) in [5, 5.41) is 3.88. The van der Waals surface area contributed by atoms with Gasteiger partial charge in [-0.3, -0.25) is 0 Å². The second-order valence-corrected chi connectivity index (χ2v) is 8.59. The van der Waals surface area contributed by atoms with Gasteiger partial charge in [-0.15, -0.1) is 0 Å². The van der Waals surface area contributed by atoms with E-state index in [0.717, 1.165) is 19.1 Å². The van der Waals surface area contributed by atoms with Crippen molar-refractivity contribution in [1.29, 1.82) is 0 Å². The van der Waals surface area contributed by atoms with Crippen LogP contribution in [0.5, 0.6) is 0 Å². The van der Waals surface area contributed by atoms with E-state index in [9.17, 15) is 0 Å². The largest absolute Gasteiger partial charge is 0.374 e. The summed E-state index contributed by atoms with van der Waals surface area (Å²) in [7, 11) is 0. The molecule has 3 rings (SSSR count). The number of hydrogen-bond acceptors (Lipinski definition) is 3. The summed E-state index contributed by atoms with van der Waals surface area (Å²) in [5.74, 6) is 3.36. The van der Waals surface area contributed by atoms with Crippen molar-refractivity contribution in [1.82, 2.24) is 5.32 Å². The first-order chi connectivity index (χ1) is 9.68. The van der Waals surface area contributed by atoms with Crippen LogP contribution in [-0.2, 0) is 4.74 Å². The van der Waals surface area contributed by atoms with Crippen molar-refractivity contribution in [3.8, 4) is 0 Å². The Bertz CT molecular complexity index is 321. The minimum absolute atomic E-state index is 0.232. The molecule has 20 heavy (non-hydrogen) atoms. The molecule has 3 aliphatic rings. The SMILES string of the molecule is CCNC(C1CCOC2(CCSC2)C1)C1(C)CCCC1. The summed E-state index contributed by atoms with van der Waals surface area (Å²) >= 11 is 2.09. The average molecular weight is 298 g/mol. The second kappa shape index (κ2) is 6.18. The van der Waals surface area contributed by atoms with Gasteiger partial charge in [0.2, 0.25) is 0 Å². The van der Waals surface area contributed by atoms with E-state index in [2.05, 4.69) is 30.9 Å². The predicted octanol–water partition coefficient (Wildman–Crippen LogP) is 3.85. The monoisotopic (exact) mass is 297 g/mol. The van der Waals surface area contributed by atoms with Gasteiger partial charge < -0.3 is 10.1 Å². The molecule has 1 aliphatic carbocycles. The molecule has 3 atom stereocenters. The maximum atomic E-state index is 6.23. The minimum atomic E-state index is 0.232. The first-order valence-corrected chi connectivity index (χ1v) is 9.78. The van der Waals surface area contributed by atoms with Crippen LogP contribution in [0.2, 0.25) is 0 Å². The molecule has 2 saturated heterocycles. The Morgan fingerprint density at radius 2 is 2.10 bits per heavy atom. The molecule has 0 bridgehead atoms. The fraction of sp³-hybridized carbons (Fsp3) is 1.00. The maximum Gasteiger partial charge on any atom is 0.0783 e. The Morgan fingerprint density at radius 1 is 1.30 bits per heavy atom. The number of rotatable bonds is 4. The average Bonchev–Trinajstić information content (AvgIpc) is 3.07. The van der Waals surface area contributed by atoms with Gasteiger partial charge in [0.1, 0.15) is 0 Å². The molecule has 0 aromatic carbocycles. The van der Waals surface area contributed by atoms with Crippen molar-refractivity contribution in [2.24, 2.45) is 11.3 Å². The lowest BCUT2D eigenvalue weighted by molar-refractivity contribution is -0.0928. The topological polar surface area (TPSA) is 21.3 Å². The third-order valence-electron chi connectivity index (χ3n) is 5.99. The zero-order valence-corrected chi connectivity index (χ0v) is 14.1. The summed E-state index contributed by atoms with van der Waals surface area (Å²) in [5.41, 5.74) is 0.765. The normalized spacial score (nSPS) is 38.4. The quantitative estimate of drug-likeness (QED) is 0.851. The van der Waals surface area contributed by atoms with Crippen LogP contribution in [0, 0.1) is 11.3 Å². The molecular formula is C17H31NOS. The molecule has 2 heterocycles. The number of ether oxygens (including phenoxy) is 1. The fourth-order valence-corrected chi connectivity index (χ4v) is 6.29. The van der Waals surface area contributed by atoms with E-state index >= 15 is 0 Å². The first-order valence-electron chi connectivity index (χ1n) is 8.63. The van der Waals surface area contributed by atoms with Gasteiger partial charge >= 0.3 is 0 Å². The van der Waals surface area contributed by atoms with Gasteiger partial charge in [0.15, 0.2) is 0 Å². The lowest BCUT2D eigenvalue weighted by Crippen LogP contribution is -2.52. The third kappa shape index (κ3) is 2.91. The van der Waals surface area contributed by atoms with Crippen molar-refractivity contribution in [3.05, 3.63) is 0 Å². The zero-order chi connectivity index (χ0) is 14.1. The van der Waals surface area contributed by atoms with E-state index in [1.165, 1.54) is 56.5 Å². The number of thioether (sulfide) groups is 1. The molecule has 0 aromatic rings. The number of hydrogen-bond donors (Lipinski definition) is 1. The first kappa shape index (κ1) is 15.2. The molecule has 2 aliphatic heterocycles. The zero-order valence-electron chi connectivity index (χ0n) is 13.2. The molecule has 0 radical (unpaired) electrons. The van der Waals surface area contributed by atoms with Crippen LogP contribution in [0.3, 0.4) is 0 Å². The molecule has 0 amide bonds. The van der Waals surface area contributed by atoms with Crippen LogP contribution in [-0.4, -0.2) is 36.3 Å². The summed E-state index contributed by atoms with van der Waals surface area (Å²) in [6.07, 6.45) is 9.55. The highest BCUT2D eigenvalue weighted by Gasteiger charge is 2.47. The highest BCUT2D eigenvalue weighted by Crippen LogP contribution is 2.48. The molecule has 3 unspecified atom stereocenters. The van der Waals surface area contributed by atoms with E-state index in [1.807, 2.05) is 0 Å². The van der Waals surface area contributed by atoms with Gasteiger partial charge in [-0.2, -0.15) is 11.8 Å². The Morgan fingerprint density at radius 3 is 2.75 bits per heavy atom. The predicted molar refractivity (Wildman–Crippen MR) is 87.4 cm³/mol. The Labute approximate surface area is 128 Å². The van der Waals surface area contributed by atoms with Crippen LogP contribution in [0.15, 0.2) is 0 Å². The van der Waals surface area contributed by atoms with Crippen molar-refractivity contribution in [3.63, 3.8) is 0 Å². The van der Waals surface area contributed by atoms with Gasteiger partial charge in [0.25, 0.3) is 0 Å². The molecule has 1 spiro atoms. The van der Waals surface area contributed by atoms with E-state index < -0.39 is 0 Å². The van der Waals surface area contributed by atoms with Crippen molar-refractivity contribution >= 4 is 11.8 Å². The maximum absolute atomic E-state index is 6.23. The summed E-state index contributed by atoms with van der Waals surface area (Å²) in [6, 6.07) is 0.710. The standard InChI is InChI=1S/C17H31NOS/c1-3-18-15(16(2)7-4-5-8-16)14-6-10-19-17(12-14)9-11-20-13-17/h14-15,18H,3-13H2,1-2H3. The Hall–Kier alpha value is 0.270. The molecule has 3 heteroatoms. The molecule has 1 saturated carbocycles. The van der Waals surface area contributed by atoms with Crippen LogP contribution in [0.1, 0.15) is 58.8 Å². The Balaban J connectivity index is 1.73. The van der Waals surface area contributed by atoms with Gasteiger partial charge in [0.05, 0.1) is 5.60 Å². The van der Waals surface area contributed by atoms with Gasteiger partial charge in [0, 0.05) is 18.4 Å². The lowest BCUT2D eigenvalue weighted by Gasteiger charge is -2.46. The van der Waals surface area contributed by atoms with E-state index in [4.69, 9.17) is 4.74 Å². The molecule has 0 aromatic heterocycles. The molecule has 3 fully saturated rings. The van der Waals surface area contributed by atoms with E-state index in [-0.39, 0.29) is 5.60 Å². The van der Waals surface area contributed by atoms with Gasteiger partial charge in [-0.25, -0.2) is 0 Å². The van der Waals surface area contributed by atoms with Gasteiger partial charge in [-0.1, -0.05) is 26.7 Å². The highest BCUT2D eigenvalue weighted by atomic mass is 32.2. The summed E-state index contributed by atoms with van der Waals surface area (Å²) < 4.78 is 6.23. The van der Waals surface area contributed by atoms with Gasteiger partial charge in [-0.05, 0) is 55.7 Å². The summed E-state index contributed by atoms with van der Waals surface area (Å²) in [4.78, 5) is 0. The van der Waals surface area contributed by atoms with Crippen LogP contribution in [0.25, 0.3) is 0 Å². The van der Waals surface area contributed by atoms with E-state index in [1.54, 1.807) is 0 Å². The second-order valence-electron chi connectivity index (χ2n) is 7.48. The smallest absolute Gasteiger partial charge is 0.0783 e. The molecule has 116 valence electrons. The van der Waals surface area contributed by atoms with Crippen LogP contribution >= 0.6 is 11.8 Å². The summed E-state index contributed by atoms with van der Waals surface area (Å²) in [6.45, 7) is 6.91. The minimum Gasteiger partial charge on any atom is -0.374 e. The van der Waals surface area contributed by atoms with Crippen molar-refractivity contribution < 1.29 is 4.74 Å². The van der Waals surface area contributed by atoms with Crippen molar-refractivity contribution in [2.45, 2.75) is 70.4 Å². The van der Waals surface area contributed by atoms with Crippen LogP contribution < -0.4 is 5.32 Å². The molecular weight excluding hydrogens is 266 g/mol. The highest BCUT2D eigenvalue weighted by molar-refractivity contribution is 7.99. The van der Waals surface area contributed by atoms with E-state index in [0.29, 0.717) is 11.5 Å².